The predicted molar refractivity (Wildman–Crippen MR) is 83.1 cm³/mol. The molecule has 2 aliphatic carbocycles. The second-order valence-corrected chi connectivity index (χ2v) is 6.38. The molecule has 0 bridgehead atoms. The van der Waals surface area contributed by atoms with Crippen molar-refractivity contribution in [2.75, 3.05) is 17.7 Å². The molecular formula is C16H26N4. The van der Waals surface area contributed by atoms with Crippen LogP contribution < -0.4 is 10.6 Å². The Morgan fingerprint density at radius 2 is 1.90 bits per heavy atom. The van der Waals surface area contributed by atoms with Crippen molar-refractivity contribution < 1.29 is 0 Å². The Labute approximate surface area is 121 Å². The molecule has 0 spiro atoms. The third kappa shape index (κ3) is 2.74. The number of rotatable bonds is 5. The average molecular weight is 274 g/mol. The van der Waals surface area contributed by atoms with E-state index in [2.05, 4.69) is 29.5 Å². The van der Waals surface area contributed by atoms with Gasteiger partial charge in [0.2, 0.25) is 0 Å². The van der Waals surface area contributed by atoms with Crippen LogP contribution in [-0.4, -0.2) is 23.1 Å². The van der Waals surface area contributed by atoms with Crippen molar-refractivity contribution in [2.45, 2.75) is 57.9 Å². The fourth-order valence-electron chi connectivity index (χ4n) is 3.41. The lowest BCUT2D eigenvalue weighted by molar-refractivity contribution is 0.391. The van der Waals surface area contributed by atoms with Gasteiger partial charge in [0.1, 0.15) is 17.5 Å². The second kappa shape index (κ2) is 5.58. The SMILES string of the molecule is CCC1CCC(Nc2cc(NC)nc(C3CC3)n2)C1C. The molecule has 20 heavy (non-hydrogen) atoms. The summed E-state index contributed by atoms with van der Waals surface area (Å²) in [7, 11) is 1.92. The number of nitrogens with one attached hydrogen (secondary N) is 2. The molecular weight excluding hydrogens is 248 g/mol. The van der Waals surface area contributed by atoms with Gasteiger partial charge in [-0.05, 0) is 37.5 Å². The fraction of sp³-hybridized carbons (Fsp3) is 0.750. The lowest BCUT2D eigenvalue weighted by atomic mass is 9.93. The molecule has 2 N–H and O–H groups in total. The van der Waals surface area contributed by atoms with E-state index in [9.17, 15) is 0 Å². The maximum absolute atomic E-state index is 4.73. The summed E-state index contributed by atoms with van der Waals surface area (Å²) in [6, 6.07) is 2.60. The highest BCUT2D eigenvalue weighted by Crippen LogP contribution is 2.39. The minimum atomic E-state index is 0.562. The van der Waals surface area contributed by atoms with Crippen LogP contribution in [0.25, 0.3) is 0 Å². The van der Waals surface area contributed by atoms with Crippen molar-refractivity contribution in [3.8, 4) is 0 Å². The molecule has 3 atom stereocenters. The Bertz CT molecular complexity index is 470. The van der Waals surface area contributed by atoms with E-state index in [4.69, 9.17) is 4.98 Å². The Morgan fingerprint density at radius 1 is 1.15 bits per heavy atom. The van der Waals surface area contributed by atoms with Gasteiger partial charge in [0.15, 0.2) is 0 Å². The van der Waals surface area contributed by atoms with Crippen LogP contribution >= 0.6 is 0 Å². The summed E-state index contributed by atoms with van der Waals surface area (Å²) < 4.78 is 0. The van der Waals surface area contributed by atoms with Crippen LogP contribution in [0.2, 0.25) is 0 Å². The van der Waals surface area contributed by atoms with Crippen LogP contribution in [0.15, 0.2) is 6.07 Å². The van der Waals surface area contributed by atoms with Crippen molar-refractivity contribution in [1.82, 2.24) is 9.97 Å². The van der Waals surface area contributed by atoms with Crippen LogP contribution in [0.5, 0.6) is 0 Å². The number of anilines is 2. The minimum absolute atomic E-state index is 0.562. The molecule has 1 aromatic heterocycles. The molecule has 1 aromatic rings. The molecule has 0 saturated heterocycles. The quantitative estimate of drug-likeness (QED) is 0.861. The lowest BCUT2D eigenvalue weighted by Crippen LogP contribution is -2.25. The highest BCUT2D eigenvalue weighted by Gasteiger charge is 2.32. The van der Waals surface area contributed by atoms with Gasteiger partial charge in [0.25, 0.3) is 0 Å². The van der Waals surface area contributed by atoms with Gasteiger partial charge in [-0.2, -0.15) is 0 Å². The molecule has 0 amide bonds. The molecule has 110 valence electrons. The number of hydrogen-bond acceptors (Lipinski definition) is 4. The van der Waals surface area contributed by atoms with Gasteiger partial charge in [-0.25, -0.2) is 9.97 Å². The van der Waals surface area contributed by atoms with E-state index in [0.29, 0.717) is 12.0 Å². The average Bonchev–Trinajstić information content (AvgIpc) is 3.25. The van der Waals surface area contributed by atoms with Crippen molar-refractivity contribution in [3.05, 3.63) is 11.9 Å². The van der Waals surface area contributed by atoms with Gasteiger partial charge in [-0.1, -0.05) is 20.3 Å². The summed E-state index contributed by atoms with van der Waals surface area (Å²) in [5.41, 5.74) is 0. The maximum Gasteiger partial charge on any atom is 0.136 e. The molecule has 0 radical (unpaired) electrons. The molecule has 2 saturated carbocycles. The first-order valence-corrected chi connectivity index (χ1v) is 8.04. The van der Waals surface area contributed by atoms with E-state index < -0.39 is 0 Å². The third-order valence-corrected chi connectivity index (χ3v) is 5.03. The summed E-state index contributed by atoms with van der Waals surface area (Å²) in [6.45, 7) is 4.68. The van der Waals surface area contributed by atoms with Gasteiger partial charge in [0.05, 0.1) is 0 Å². The van der Waals surface area contributed by atoms with Crippen LogP contribution in [0, 0.1) is 11.8 Å². The monoisotopic (exact) mass is 274 g/mol. The topological polar surface area (TPSA) is 49.8 Å². The fourth-order valence-corrected chi connectivity index (χ4v) is 3.41. The van der Waals surface area contributed by atoms with E-state index in [0.717, 1.165) is 29.3 Å². The number of nitrogens with zero attached hydrogens (tertiary/aromatic N) is 2. The van der Waals surface area contributed by atoms with Crippen LogP contribution in [0.4, 0.5) is 11.6 Å². The van der Waals surface area contributed by atoms with Crippen molar-refractivity contribution in [2.24, 2.45) is 11.8 Å². The zero-order valence-electron chi connectivity index (χ0n) is 12.8. The van der Waals surface area contributed by atoms with Crippen LogP contribution in [0.3, 0.4) is 0 Å². The largest absolute Gasteiger partial charge is 0.373 e. The smallest absolute Gasteiger partial charge is 0.136 e. The van der Waals surface area contributed by atoms with E-state index in [1.807, 2.05) is 13.1 Å². The van der Waals surface area contributed by atoms with Gasteiger partial charge >= 0.3 is 0 Å². The van der Waals surface area contributed by atoms with Crippen LogP contribution in [0.1, 0.15) is 57.7 Å². The molecule has 3 rings (SSSR count). The molecule has 2 aliphatic rings. The van der Waals surface area contributed by atoms with E-state index in [1.165, 1.54) is 32.1 Å². The predicted octanol–water partition coefficient (Wildman–Crippen LogP) is 3.63. The molecule has 0 aliphatic heterocycles. The third-order valence-electron chi connectivity index (χ3n) is 5.03. The zero-order chi connectivity index (χ0) is 14.1. The molecule has 0 aromatic carbocycles. The van der Waals surface area contributed by atoms with Crippen LogP contribution in [-0.2, 0) is 0 Å². The highest BCUT2D eigenvalue weighted by atomic mass is 15.1. The maximum atomic E-state index is 4.73. The first kappa shape index (κ1) is 13.7. The molecule has 2 fully saturated rings. The molecule has 4 heteroatoms. The summed E-state index contributed by atoms with van der Waals surface area (Å²) in [6.07, 6.45) is 6.37. The van der Waals surface area contributed by atoms with Crippen molar-refractivity contribution in [3.63, 3.8) is 0 Å². The van der Waals surface area contributed by atoms with Gasteiger partial charge in [-0.15, -0.1) is 0 Å². The highest BCUT2D eigenvalue weighted by molar-refractivity contribution is 5.48. The summed E-state index contributed by atoms with van der Waals surface area (Å²) >= 11 is 0. The summed E-state index contributed by atoms with van der Waals surface area (Å²) in [5.74, 6) is 5.13. The first-order valence-electron chi connectivity index (χ1n) is 8.04. The van der Waals surface area contributed by atoms with Gasteiger partial charge in [-0.3, -0.25) is 0 Å². The van der Waals surface area contributed by atoms with Gasteiger partial charge in [0, 0.05) is 25.1 Å². The van der Waals surface area contributed by atoms with Gasteiger partial charge < -0.3 is 10.6 Å². The minimum Gasteiger partial charge on any atom is -0.373 e. The molecule has 1 heterocycles. The van der Waals surface area contributed by atoms with E-state index >= 15 is 0 Å². The Hall–Kier alpha value is -1.32. The van der Waals surface area contributed by atoms with Crippen molar-refractivity contribution in [1.29, 1.82) is 0 Å². The standard InChI is InChI=1S/C16H26N4/c1-4-11-7-8-13(10(11)2)18-15-9-14(17-3)19-16(20-15)12-5-6-12/h9-13H,4-8H2,1-3H3,(H2,17,18,19,20). The van der Waals surface area contributed by atoms with Crippen molar-refractivity contribution >= 4 is 11.6 Å². The Morgan fingerprint density at radius 3 is 2.50 bits per heavy atom. The van der Waals surface area contributed by atoms with E-state index in [-0.39, 0.29) is 0 Å². The van der Waals surface area contributed by atoms with E-state index in [1.54, 1.807) is 0 Å². The lowest BCUT2D eigenvalue weighted by Gasteiger charge is -2.22. The number of hydrogen-bond donors (Lipinski definition) is 2. The normalized spacial score (nSPS) is 29.4. The Kier molecular flexibility index (Phi) is 3.81. The first-order chi connectivity index (χ1) is 9.71. The summed E-state index contributed by atoms with van der Waals surface area (Å²) in [5, 5.41) is 6.82. The Balaban J connectivity index is 1.75. The molecule has 3 unspecified atom stereocenters. The summed E-state index contributed by atoms with van der Waals surface area (Å²) in [4.78, 5) is 9.31. The number of aromatic nitrogens is 2. The second-order valence-electron chi connectivity index (χ2n) is 6.38. The zero-order valence-corrected chi connectivity index (χ0v) is 12.8. The molecule has 4 nitrogen and oxygen atoms in total.